The number of ether oxygens (including phenoxy) is 3. The van der Waals surface area contributed by atoms with Crippen LogP contribution < -0.4 is 9.47 Å². The number of rotatable bonds is 3. The van der Waals surface area contributed by atoms with E-state index in [2.05, 4.69) is 4.90 Å². The van der Waals surface area contributed by atoms with Crippen LogP contribution in [0.2, 0.25) is 0 Å². The molecule has 1 fully saturated rings. The molecule has 0 radical (unpaired) electrons. The summed E-state index contributed by atoms with van der Waals surface area (Å²) in [6, 6.07) is 5.79. The molecule has 88 valence electrons. The van der Waals surface area contributed by atoms with E-state index in [9.17, 15) is 0 Å². The summed E-state index contributed by atoms with van der Waals surface area (Å²) >= 11 is 0. The van der Waals surface area contributed by atoms with Gasteiger partial charge in [0, 0.05) is 18.2 Å². The van der Waals surface area contributed by atoms with Crippen LogP contribution in [0.4, 0.5) is 0 Å². The molecule has 1 aliphatic heterocycles. The third-order valence-corrected chi connectivity index (χ3v) is 2.83. The first-order valence-corrected chi connectivity index (χ1v) is 5.30. The van der Waals surface area contributed by atoms with Crippen molar-refractivity contribution < 1.29 is 14.2 Å². The van der Waals surface area contributed by atoms with E-state index in [-0.39, 0.29) is 6.23 Å². The molecule has 16 heavy (non-hydrogen) atoms. The van der Waals surface area contributed by atoms with Gasteiger partial charge in [0.25, 0.3) is 0 Å². The number of nitrogens with zero attached hydrogens (tertiary/aromatic N) is 1. The molecule has 1 heterocycles. The lowest BCUT2D eigenvalue weighted by molar-refractivity contribution is 0.0433. The minimum atomic E-state index is -0.0131. The fourth-order valence-electron chi connectivity index (χ4n) is 1.90. The van der Waals surface area contributed by atoms with E-state index in [1.807, 2.05) is 25.2 Å². The van der Waals surface area contributed by atoms with Gasteiger partial charge in [0.05, 0.1) is 20.8 Å². The summed E-state index contributed by atoms with van der Waals surface area (Å²) in [7, 11) is 5.35. The highest BCUT2D eigenvalue weighted by molar-refractivity contribution is 5.42. The van der Waals surface area contributed by atoms with Crippen molar-refractivity contribution in [2.75, 3.05) is 34.4 Å². The molecule has 1 aromatic carbocycles. The Morgan fingerprint density at radius 2 is 2.12 bits per heavy atom. The molecule has 0 bridgehead atoms. The molecule has 1 unspecified atom stereocenters. The maximum absolute atomic E-state index is 5.67. The Hall–Kier alpha value is -1.26. The van der Waals surface area contributed by atoms with Crippen molar-refractivity contribution in [1.82, 2.24) is 4.90 Å². The van der Waals surface area contributed by atoms with Crippen molar-refractivity contribution in [2.45, 2.75) is 6.23 Å². The molecule has 4 nitrogen and oxygen atoms in total. The van der Waals surface area contributed by atoms with Crippen molar-refractivity contribution in [3.8, 4) is 11.5 Å². The molecule has 2 rings (SSSR count). The summed E-state index contributed by atoms with van der Waals surface area (Å²) in [4.78, 5) is 2.16. The summed E-state index contributed by atoms with van der Waals surface area (Å²) in [5, 5.41) is 0. The van der Waals surface area contributed by atoms with Crippen LogP contribution in [-0.2, 0) is 4.74 Å². The quantitative estimate of drug-likeness (QED) is 0.780. The summed E-state index contributed by atoms with van der Waals surface area (Å²) in [5.41, 5.74) is 1.04. The molecule has 0 saturated carbocycles. The summed E-state index contributed by atoms with van der Waals surface area (Å²) in [5.74, 6) is 1.60. The number of hydrogen-bond acceptors (Lipinski definition) is 4. The Morgan fingerprint density at radius 3 is 2.69 bits per heavy atom. The molecule has 1 atom stereocenters. The standard InChI is InChI=1S/C12H17NO3/c1-13-6-7-16-12(13)10-5-4-9(14-2)8-11(10)15-3/h4-5,8,12H,6-7H2,1-3H3. The number of methoxy groups -OCH3 is 2. The molecule has 1 aliphatic rings. The molecule has 0 aromatic heterocycles. The van der Waals surface area contributed by atoms with Crippen molar-refractivity contribution in [3.05, 3.63) is 23.8 Å². The zero-order valence-electron chi connectivity index (χ0n) is 9.90. The average molecular weight is 223 g/mol. The Balaban J connectivity index is 2.32. The first-order valence-electron chi connectivity index (χ1n) is 5.30. The van der Waals surface area contributed by atoms with Gasteiger partial charge in [-0.3, -0.25) is 4.90 Å². The van der Waals surface area contributed by atoms with E-state index < -0.39 is 0 Å². The van der Waals surface area contributed by atoms with Gasteiger partial charge in [-0.1, -0.05) is 0 Å². The first-order chi connectivity index (χ1) is 7.76. The predicted molar refractivity (Wildman–Crippen MR) is 60.9 cm³/mol. The second-order valence-corrected chi connectivity index (χ2v) is 3.81. The van der Waals surface area contributed by atoms with Crippen molar-refractivity contribution in [2.24, 2.45) is 0 Å². The Kier molecular flexibility index (Phi) is 3.31. The highest BCUT2D eigenvalue weighted by atomic mass is 16.5. The Labute approximate surface area is 95.7 Å². The fourth-order valence-corrected chi connectivity index (χ4v) is 1.90. The molecule has 0 aliphatic carbocycles. The average Bonchev–Trinajstić information content (AvgIpc) is 2.74. The van der Waals surface area contributed by atoms with Gasteiger partial charge in [-0.15, -0.1) is 0 Å². The van der Waals surface area contributed by atoms with Crippen molar-refractivity contribution in [1.29, 1.82) is 0 Å². The molecular formula is C12H17NO3. The van der Waals surface area contributed by atoms with Crippen molar-refractivity contribution in [3.63, 3.8) is 0 Å². The zero-order chi connectivity index (χ0) is 11.5. The smallest absolute Gasteiger partial charge is 0.140 e. The second-order valence-electron chi connectivity index (χ2n) is 3.81. The SMILES string of the molecule is COc1ccc(C2OCCN2C)c(OC)c1. The highest BCUT2D eigenvalue weighted by Crippen LogP contribution is 2.34. The maximum Gasteiger partial charge on any atom is 0.140 e. The number of hydrogen-bond donors (Lipinski definition) is 0. The minimum absolute atomic E-state index is 0.0131. The number of likely N-dealkylation sites (N-methyl/N-ethyl adjacent to an activating group) is 1. The second kappa shape index (κ2) is 4.72. The van der Waals surface area contributed by atoms with Gasteiger partial charge in [0.15, 0.2) is 0 Å². The van der Waals surface area contributed by atoms with Crippen molar-refractivity contribution >= 4 is 0 Å². The Bertz CT molecular complexity index is 367. The number of benzene rings is 1. The van der Waals surface area contributed by atoms with Crippen LogP contribution in [-0.4, -0.2) is 39.3 Å². The van der Waals surface area contributed by atoms with Crippen LogP contribution in [0.25, 0.3) is 0 Å². The molecule has 1 saturated heterocycles. The van der Waals surface area contributed by atoms with E-state index in [0.29, 0.717) is 0 Å². The Morgan fingerprint density at radius 1 is 1.31 bits per heavy atom. The van der Waals surface area contributed by atoms with E-state index in [0.717, 1.165) is 30.2 Å². The van der Waals surface area contributed by atoms with E-state index in [4.69, 9.17) is 14.2 Å². The first kappa shape index (κ1) is 11.2. The normalized spacial score (nSPS) is 21.1. The molecule has 1 aromatic rings. The van der Waals surface area contributed by atoms with E-state index >= 15 is 0 Å². The van der Waals surface area contributed by atoms with Crippen LogP contribution >= 0.6 is 0 Å². The van der Waals surface area contributed by atoms with Gasteiger partial charge in [-0.25, -0.2) is 0 Å². The van der Waals surface area contributed by atoms with Gasteiger partial charge < -0.3 is 14.2 Å². The topological polar surface area (TPSA) is 30.9 Å². The van der Waals surface area contributed by atoms with Gasteiger partial charge in [-0.2, -0.15) is 0 Å². The van der Waals surface area contributed by atoms with Crippen LogP contribution in [0.5, 0.6) is 11.5 Å². The largest absolute Gasteiger partial charge is 0.497 e. The monoisotopic (exact) mass is 223 g/mol. The third-order valence-electron chi connectivity index (χ3n) is 2.83. The maximum atomic E-state index is 5.67. The lowest BCUT2D eigenvalue weighted by Crippen LogP contribution is -2.18. The van der Waals surface area contributed by atoms with Crippen LogP contribution in [0, 0.1) is 0 Å². The van der Waals surface area contributed by atoms with E-state index in [1.54, 1.807) is 14.2 Å². The van der Waals surface area contributed by atoms with Gasteiger partial charge in [0.2, 0.25) is 0 Å². The summed E-state index contributed by atoms with van der Waals surface area (Å²) in [6.45, 7) is 1.70. The molecule has 0 N–H and O–H groups in total. The van der Waals surface area contributed by atoms with Gasteiger partial charge in [-0.05, 0) is 19.2 Å². The third kappa shape index (κ3) is 1.99. The van der Waals surface area contributed by atoms with E-state index in [1.165, 1.54) is 0 Å². The molecule has 0 spiro atoms. The molecule has 4 heteroatoms. The fraction of sp³-hybridized carbons (Fsp3) is 0.500. The summed E-state index contributed by atoms with van der Waals surface area (Å²) in [6.07, 6.45) is -0.0131. The van der Waals surface area contributed by atoms with Crippen LogP contribution in [0.15, 0.2) is 18.2 Å². The van der Waals surface area contributed by atoms with Gasteiger partial charge >= 0.3 is 0 Å². The lowest BCUT2D eigenvalue weighted by atomic mass is 10.1. The van der Waals surface area contributed by atoms with Gasteiger partial charge in [0.1, 0.15) is 17.7 Å². The zero-order valence-corrected chi connectivity index (χ0v) is 9.90. The molecule has 0 amide bonds. The highest BCUT2D eigenvalue weighted by Gasteiger charge is 2.26. The van der Waals surface area contributed by atoms with Crippen LogP contribution in [0.3, 0.4) is 0 Å². The lowest BCUT2D eigenvalue weighted by Gasteiger charge is -2.20. The molecular weight excluding hydrogens is 206 g/mol. The predicted octanol–water partition coefficient (Wildman–Crippen LogP) is 1.66. The van der Waals surface area contributed by atoms with Crippen LogP contribution in [0.1, 0.15) is 11.8 Å². The summed E-state index contributed by atoms with van der Waals surface area (Å²) < 4.78 is 16.2. The minimum Gasteiger partial charge on any atom is -0.497 e.